The summed E-state index contributed by atoms with van der Waals surface area (Å²) < 4.78 is 5.36. The maximum Gasteiger partial charge on any atom is 0.410 e. The summed E-state index contributed by atoms with van der Waals surface area (Å²) in [6.07, 6.45) is 0.983. The summed E-state index contributed by atoms with van der Waals surface area (Å²) in [6, 6.07) is 0.418. The number of ether oxygens (including phenoxy) is 1. The molecule has 2 fully saturated rings. The van der Waals surface area contributed by atoms with E-state index < -0.39 is 0 Å². The molecule has 4 heteroatoms. The molecule has 2 heterocycles. The zero-order valence-electron chi connectivity index (χ0n) is 9.75. The van der Waals surface area contributed by atoms with Gasteiger partial charge in [-0.2, -0.15) is 0 Å². The molecule has 0 spiro atoms. The first-order chi connectivity index (χ1) is 6.97. The Kier molecular flexibility index (Phi) is 2.63. The molecule has 86 valence electrons. The van der Waals surface area contributed by atoms with Crippen molar-refractivity contribution in [2.75, 3.05) is 19.6 Å². The Morgan fingerprint density at radius 1 is 1.40 bits per heavy atom. The van der Waals surface area contributed by atoms with Gasteiger partial charge in [0.1, 0.15) is 5.60 Å². The topological polar surface area (TPSA) is 41.6 Å². The summed E-state index contributed by atoms with van der Waals surface area (Å²) in [5.74, 6) is 0.645. The van der Waals surface area contributed by atoms with Gasteiger partial charge in [-0.1, -0.05) is 0 Å². The second-order valence-corrected chi connectivity index (χ2v) is 5.45. The molecule has 1 N–H and O–H groups in total. The first kappa shape index (κ1) is 10.7. The van der Waals surface area contributed by atoms with Gasteiger partial charge in [-0.15, -0.1) is 0 Å². The molecule has 0 saturated carbocycles. The lowest BCUT2D eigenvalue weighted by Crippen LogP contribution is -2.62. The van der Waals surface area contributed by atoms with Crippen LogP contribution in [0.5, 0.6) is 0 Å². The minimum absolute atomic E-state index is 0.148. The number of rotatable bonds is 1. The van der Waals surface area contributed by atoms with E-state index in [-0.39, 0.29) is 11.7 Å². The number of carbonyl (C=O) groups excluding carboxylic acids is 1. The van der Waals surface area contributed by atoms with Crippen LogP contribution < -0.4 is 5.32 Å². The largest absolute Gasteiger partial charge is 0.444 e. The minimum atomic E-state index is -0.380. The molecular formula is C11H20N2O2. The van der Waals surface area contributed by atoms with E-state index in [4.69, 9.17) is 4.74 Å². The van der Waals surface area contributed by atoms with Gasteiger partial charge in [0.25, 0.3) is 0 Å². The highest BCUT2D eigenvalue weighted by molar-refractivity contribution is 5.69. The predicted octanol–water partition coefficient (Wildman–Crippen LogP) is 1.22. The molecule has 0 bridgehead atoms. The Labute approximate surface area is 91.0 Å². The average molecular weight is 212 g/mol. The first-order valence-electron chi connectivity index (χ1n) is 5.68. The molecule has 0 aromatic carbocycles. The number of nitrogens with zero attached hydrogens (tertiary/aromatic N) is 1. The van der Waals surface area contributed by atoms with E-state index in [0.29, 0.717) is 12.0 Å². The monoisotopic (exact) mass is 212 g/mol. The number of likely N-dealkylation sites (tertiary alicyclic amines) is 1. The van der Waals surface area contributed by atoms with Gasteiger partial charge < -0.3 is 15.0 Å². The van der Waals surface area contributed by atoms with Crippen molar-refractivity contribution < 1.29 is 9.53 Å². The van der Waals surface area contributed by atoms with E-state index in [9.17, 15) is 4.79 Å². The fraction of sp³-hybridized carbons (Fsp3) is 0.909. The molecule has 15 heavy (non-hydrogen) atoms. The zero-order valence-corrected chi connectivity index (χ0v) is 9.75. The van der Waals surface area contributed by atoms with Crippen molar-refractivity contribution in [1.82, 2.24) is 10.2 Å². The van der Waals surface area contributed by atoms with Crippen LogP contribution >= 0.6 is 0 Å². The third kappa shape index (κ3) is 2.25. The van der Waals surface area contributed by atoms with Gasteiger partial charge in [0, 0.05) is 31.6 Å². The number of amides is 1. The van der Waals surface area contributed by atoms with Gasteiger partial charge in [-0.25, -0.2) is 4.79 Å². The molecular weight excluding hydrogens is 192 g/mol. The molecule has 1 atom stereocenters. The van der Waals surface area contributed by atoms with Gasteiger partial charge in [0.15, 0.2) is 0 Å². The van der Waals surface area contributed by atoms with Gasteiger partial charge in [0.05, 0.1) is 0 Å². The number of hydrogen-bond acceptors (Lipinski definition) is 3. The minimum Gasteiger partial charge on any atom is -0.444 e. The van der Waals surface area contributed by atoms with Crippen LogP contribution in [0.25, 0.3) is 0 Å². The van der Waals surface area contributed by atoms with Crippen LogP contribution in [0.15, 0.2) is 0 Å². The number of nitrogens with one attached hydrogen (secondary N) is 1. The Hall–Kier alpha value is -0.770. The average Bonchev–Trinajstić information content (AvgIpc) is 1.89. The van der Waals surface area contributed by atoms with Crippen molar-refractivity contribution in [3.63, 3.8) is 0 Å². The van der Waals surface area contributed by atoms with Crippen LogP contribution in [-0.2, 0) is 4.74 Å². The summed E-state index contributed by atoms with van der Waals surface area (Å²) in [6.45, 7) is 8.67. The molecule has 2 aliphatic rings. The summed E-state index contributed by atoms with van der Waals surface area (Å²) in [7, 11) is 0. The summed E-state index contributed by atoms with van der Waals surface area (Å²) in [5.41, 5.74) is -0.380. The highest BCUT2D eigenvalue weighted by atomic mass is 16.6. The van der Waals surface area contributed by atoms with Gasteiger partial charge in [0.2, 0.25) is 0 Å². The highest BCUT2D eigenvalue weighted by Gasteiger charge is 2.41. The van der Waals surface area contributed by atoms with Crippen LogP contribution in [0, 0.1) is 5.92 Å². The fourth-order valence-electron chi connectivity index (χ4n) is 2.03. The van der Waals surface area contributed by atoms with Crippen LogP contribution in [0.1, 0.15) is 27.2 Å². The molecule has 2 saturated heterocycles. The second-order valence-electron chi connectivity index (χ2n) is 5.45. The van der Waals surface area contributed by atoms with Crippen LogP contribution in [0.3, 0.4) is 0 Å². The molecule has 0 aromatic rings. The lowest BCUT2D eigenvalue weighted by molar-refractivity contribution is -0.0240. The Morgan fingerprint density at radius 3 is 2.40 bits per heavy atom. The first-order valence-corrected chi connectivity index (χ1v) is 5.68. The molecule has 0 radical (unpaired) electrons. The van der Waals surface area contributed by atoms with Crippen LogP contribution in [-0.4, -0.2) is 42.3 Å². The molecule has 0 aromatic heterocycles. The van der Waals surface area contributed by atoms with Crippen molar-refractivity contribution in [3.8, 4) is 0 Å². The predicted molar refractivity (Wildman–Crippen MR) is 57.7 cm³/mol. The maximum absolute atomic E-state index is 11.8. The Balaban J connectivity index is 1.85. The van der Waals surface area contributed by atoms with Crippen LogP contribution in [0.4, 0.5) is 4.79 Å². The number of carbonyl (C=O) groups is 1. The molecule has 1 amide bonds. The van der Waals surface area contributed by atoms with E-state index in [1.54, 1.807) is 0 Å². The fourth-order valence-corrected chi connectivity index (χ4v) is 2.03. The van der Waals surface area contributed by atoms with E-state index in [2.05, 4.69) is 5.32 Å². The van der Waals surface area contributed by atoms with Crippen molar-refractivity contribution in [3.05, 3.63) is 0 Å². The molecule has 4 nitrogen and oxygen atoms in total. The third-order valence-electron chi connectivity index (χ3n) is 3.05. The Bertz CT molecular complexity index is 256. The van der Waals surface area contributed by atoms with Crippen molar-refractivity contribution >= 4 is 6.09 Å². The lowest BCUT2D eigenvalue weighted by Gasteiger charge is -2.48. The van der Waals surface area contributed by atoms with Crippen molar-refractivity contribution in [2.45, 2.75) is 38.8 Å². The van der Waals surface area contributed by atoms with Gasteiger partial charge >= 0.3 is 6.09 Å². The summed E-state index contributed by atoms with van der Waals surface area (Å²) >= 11 is 0. The molecule has 0 aliphatic carbocycles. The Morgan fingerprint density at radius 2 is 2.07 bits per heavy atom. The SMILES string of the molecule is CC(C)(C)OC(=O)N1CCC1C1CNC1. The highest BCUT2D eigenvalue weighted by Crippen LogP contribution is 2.28. The second kappa shape index (κ2) is 3.67. The number of hydrogen-bond donors (Lipinski definition) is 1. The van der Waals surface area contributed by atoms with Crippen molar-refractivity contribution in [2.24, 2.45) is 5.92 Å². The van der Waals surface area contributed by atoms with E-state index in [1.165, 1.54) is 0 Å². The lowest BCUT2D eigenvalue weighted by atomic mass is 9.85. The molecule has 2 rings (SSSR count). The summed E-state index contributed by atoms with van der Waals surface area (Å²) in [4.78, 5) is 13.7. The molecule has 2 aliphatic heterocycles. The smallest absolute Gasteiger partial charge is 0.410 e. The van der Waals surface area contributed by atoms with Gasteiger partial charge in [-0.05, 0) is 27.2 Å². The van der Waals surface area contributed by atoms with E-state index >= 15 is 0 Å². The van der Waals surface area contributed by atoms with Gasteiger partial charge in [-0.3, -0.25) is 0 Å². The summed E-state index contributed by atoms with van der Waals surface area (Å²) in [5, 5.41) is 3.24. The van der Waals surface area contributed by atoms with Crippen LogP contribution in [0.2, 0.25) is 0 Å². The van der Waals surface area contributed by atoms with Crippen molar-refractivity contribution in [1.29, 1.82) is 0 Å². The zero-order chi connectivity index (χ0) is 11.1. The standard InChI is InChI=1S/C11H20N2O2/c1-11(2,3)15-10(14)13-5-4-9(13)8-6-12-7-8/h8-9,12H,4-7H2,1-3H3. The normalized spacial score (nSPS) is 26.9. The molecule has 1 unspecified atom stereocenters. The van der Waals surface area contributed by atoms with E-state index in [1.807, 2.05) is 25.7 Å². The quantitative estimate of drug-likeness (QED) is 0.710. The maximum atomic E-state index is 11.8. The third-order valence-corrected chi connectivity index (χ3v) is 3.05. The van der Waals surface area contributed by atoms with E-state index in [0.717, 1.165) is 26.1 Å².